The maximum Gasteiger partial charge on any atom is 0.405 e. The minimum atomic E-state index is -5.73. The summed E-state index contributed by atoms with van der Waals surface area (Å²) in [6, 6.07) is 3.42. The molecule has 0 aliphatic carbocycles. The van der Waals surface area contributed by atoms with Crippen LogP contribution >= 0.6 is 0 Å². The molecular weight excluding hydrogens is 431 g/mol. The molecule has 0 saturated heterocycles. The highest BCUT2D eigenvalue weighted by Gasteiger charge is 2.51. The van der Waals surface area contributed by atoms with Gasteiger partial charge in [-0.3, -0.25) is 14.1 Å². The lowest BCUT2D eigenvalue weighted by Crippen LogP contribution is -2.41. The zero-order chi connectivity index (χ0) is 23.8. The maximum absolute atomic E-state index is 13.4. The third kappa shape index (κ3) is 7.64. The Morgan fingerprint density at radius 1 is 1.03 bits per heavy atom. The van der Waals surface area contributed by atoms with Crippen molar-refractivity contribution in [1.29, 1.82) is 0 Å². The molecule has 0 fully saturated rings. The standard InChI is InChI=1S/C18H21B3F2O7S/c1-11(18(22,23)31(26,27)28)29-15(24)4-2-3-5-16(25)30-17-13(9-20)6-12(8-19)7-14(17)10-21/h6-7,11H,2-5,8-10H2,1H3,(H,26,27,28). The first-order chi connectivity index (χ1) is 14.4. The van der Waals surface area contributed by atoms with Gasteiger partial charge in [0.25, 0.3) is 0 Å². The average Bonchev–Trinajstić information content (AvgIpc) is 2.70. The van der Waals surface area contributed by atoms with Crippen molar-refractivity contribution in [2.75, 3.05) is 0 Å². The van der Waals surface area contributed by atoms with Crippen molar-refractivity contribution in [3.8, 4) is 5.75 Å². The van der Waals surface area contributed by atoms with Gasteiger partial charge in [0.05, 0.1) is 23.5 Å². The molecule has 7 nitrogen and oxygen atoms in total. The first-order valence-corrected chi connectivity index (χ1v) is 10.8. The molecule has 6 radical (unpaired) electrons. The van der Waals surface area contributed by atoms with Crippen LogP contribution in [0.1, 0.15) is 49.3 Å². The van der Waals surface area contributed by atoms with Gasteiger partial charge in [0.1, 0.15) is 5.75 Å². The number of alkyl halides is 2. The van der Waals surface area contributed by atoms with Crippen molar-refractivity contribution in [2.24, 2.45) is 0 Å². The van der Waals surface area contributed by atoms with E-state index in [4.69, 9.17) is 32.8 Å². The molecule has 31 heavy (non-hydrogen) atoms. The van der Waals surface area contributed by atoms with Crippen molar-refractivity contribution in [3.63, 3.8) is 0 Å². The Labute approximate surface area is 184 Å². The predicted molar refractivity (Wildman–Crippen MR) is 111 cm³/mol. The summed E-state index contributed by atoms with van der Waals surface area (Å²) < 4.78 is 66.2. The first kappa shape index (κ1) is 27.2. The van der Waals surface area contributed by atoms with Crippen LogP contribution in [0.5, 0.6) is 5.75 Å². The Bertz CT molecular complexity index is 869. The van der Waals surface area contributed by atoms with Crippen molar-refractivity contribution >= 4 is 45.6 Å². The molecule has 1 aromatic rings. The number of benzene rings is 1. The third-order valence-corrected chi connectivity index (χ3v) is 5.35. The molecule has 1 aromatic carbocycles. The minimum Gasteiger partial charge on any atom is -0.455 e. The van der Waals surface area contributed by atoms with Crippen molar-refractivity contribution in [3.05, 3.63) is 28.8 Å². The molecule has 0 aromatic heterocycles. The fourth-order valence-corrected chi connectivity index (χ4v) is 3.08. The lowest BCUT2D eigenvalue weighted by Gasteiger charge is -2.20. The molecule has 1 atom stereocenters. The average molecular weight is 452 g/mol. The van der Waals surface area contributed by atoms with Gasteiger partial charge in [-0.2, -0.15) is 17.2 Å². The fraction of sp³-hybridized carbons (Fsp3) is 0.556. The van der Waals surface area contributed by atoms with Crippen LogP contribution in [0.3, 0.4) is 0 Å². The lowest BCUT2D eigenvalue weighted by atomic mass is 9.85. The molecule has 1 unspecified atom stereocenters. The van der Waals surface area contributed by atoms with Crippen LogP contribution in [-0.4, -0.2) is 59.8 Å². The van der Waals surface area contributed by atoms with Gasteiger partial charge in [-0.15, -0.1) is 0 Å². The Kier molecular flexibility index (Phi) is 10.2. The highest BCUT2D eigenvalue weighted by atomic mass is 32.2. The highest BCUT2D eigenvalue weighted by Crippen LogP contribution is 2.28. The largest absolute Gasteiger partial charge is 0.455 e. The molecule has 0 saturated carbocycles. The Balaban J connectivity index is 2.56. The maximum atomic E-state index is 13.4. The van der Waals surface area contributed by atoms with Gasteiger partial charge < -0.3 is 9.47 Å². The molecule has 0 aliphatic rings. The monoisotopic (exact) mass is 452 g/mol. The second-order valence-electron chi connectivity index (χ2n) is 6.71. The molecule has 0 heterocycles. The number of rotatable bonds is 12. The summed E-state index contributed by atoms with van der Waals surface area (Å²) in [5.41, 5.74) is 1.91. The van der Waals surface area contributed by atoms with Gasteiger partial charge in [-0.1, -0.05) is 36.7 Å². The van der Waals surface area contributed by atoms with Crippen LogP contribution in [0.25, 0.3) is 0 Å². The number of carbonyl (C=O) groups excluding carboxylic acids is 2. The molecule has 0 spiro atoms. The third-order valence-electron chi connectivity index (χ3n) is 4.33. The summed E-state index contributed by atoms with van der Waals surface area (Å²) in [6.07, 6.45) is -2.07. The molecule has 0 bridgehead atoms. The summed E-state index contributed by atoms with van der Waals surface area (Å²) >= 11 is 0. The van der Waals surface area contributed by atoms with Gasteiger partial charge in [-0.25, -0.2) is 0 Å². The van der Waals surface area contributed by atoms with Crippen LogP contribution in [0.4, 0.5) is 8.78 Å². The fourth-order valence-electron chi connectivity index (χ4n) is 2.62. The quantitative estimate of drug-likeness (QED) is 0.169. The number of carbonyl (C=O) groups is 2. The van der Waals surface area contributed by atoms with Crippen LogP contribution in [-0.2, 0) is 43.4 Å². The SMILES string of the molecule is [B]Cc1cc(C[B])c(OC(=O)CCCCC(=O)OC(C)C(F)(F)S(=O)(=O)O)c(C[B])c1. The van der Waals surface area contributed by atoms with E-state index in [2.05, 4.69) is 4.74 Å². The number of esters is 2. The summed E-state index contributed by atoms with van der Waals surface area (Å²) in [5.74, 6) is -1.45. The van der Waals surface area contributed by atoms with E-state index in [1.165, 1.54) is 0 Å². The first-order valence-electron chi connectivity index (χ1n) is 9.37. The van der Waals surface area contributed by atoms with Gasteiger partial charge >= 0.3 is 27.3 Å². The zero-order valence-electron chi connectivity index (χ0n) is 17.0. The predicted octanol–water partition coefficient (Wildman–Crippen LogP) is 1.57. The van der Waals surface area contributed by atoms with Crippen LogP contribution in [0, 0.1) is 0 Å². The van der Waals surface area contributed by atoms with Gasteiger partial charge in [0.2, 0.25) is 0 Å². The lowest BCUT2D eigenvalue weighted by molar-refractivity contribution is -0.159. The summed E-state index contributed by atoms with van der Waals surface area (Å²) in [7, 11) is 11.3. The highest BCUT2D eigenvalue weighted by molar-refractivity contribution is 7.86. The van der Waals surface area contributed by atoms with E-state index in [0.29, 0.717) is 18.1 Å². The minimum absolute atomic E-state index is 0.0866. The normalized spacial score (nSPS) is 12.9. The number of hydrogen-bond acceptors (Lipinski definition) is 6. The van der Waals surface area contributed by atoms with E-state index in [-0.39, 0.29) is 50.4 Å². The zero-order valence-corrected chi connectivity index (χ0v) is 17.8. The van der Waals surface area contributed by atoms with Crippen molar-refractivity contribution in [1.82, 2.24) is 0 Å². The second kappa shape index (κ2) is 11.7. The number of halogens is 2. The molecule has 13 heteroatoms. The smallest absolute Gasteiger partial charge is 0.405 e. The number of unbranched alkanes of at least 4 members (excludes halogenated alkanes) is 1. The van der Waals surface area contributed by atoms with Crippen LogP contribution in [0.15, 0.2) is 12.1 Å². The molecular formula is C18H21B3F2O7S. The Hall–Kier alpha value is -1.88. The van der Waals surface area contributed by atoms with Gasteiger partial charge in [-0.05, 0) is 30.9 Å². The van der Waals surface area contributed by atoms with E-state index >= 15 is 0 Å². The summed E-state index contributed by atoms with van der Waals surface area (Å²) in [6.45, 7) is 0.642. The van der Waals surface area contributed by atoms with Crippen LogP contribution < -0.4 is 4.74 Å². The van der Waals surface area contributed by atoms with E-state index in [1.54, 1.807) is 12.1 Å². The molecule has 1 N–H and O–H groups in total. The molecule has 0 aliphatic heterocycles. The van der Waals surface area contributed by atoms with E-state index in [9.17, 15) is 26.8 Å². The molecule has 164 valence electrons. The molecule has 0 amide bonds. The van der Waals surface area contributed by atoms with E-state index < -0.39 is 33.4 Å². The van der Waals surface area contributed by atoms with Gasteiger partial charge in [0, 0.05) is 12.8 Å². The Morgan fingerprint density at radius 2 is 1.52 bits per heavy atom. The van der Waals surface area contributed by atoms with E-state index in [1.807, 2.05) is 0 Å². The topological polar surface area (TPSA) is 107 Å². The van der Waals surface area contributed by atoms with Crippen molar-refractivity contribution in [2.45, 2.75) is 62.9 Å². The summed E-state index contributed by atoms with van der Waals surface area (Å²) in [5, 5.41) is -4.63. The van der Waals surface area contributed by atoms with Gasteiger partial charge in [0.15, 0.2) is 6.10 Å². The van der Waals surface area contributed by atoms with Crippen molar-refractivity contribution < 1.29 is 40.8 Å². The molecule has 1 rings (SSSR count). The van der Waals surface area contributed by atoms with E-state index in [0.717, 1.165) is 5.56 Å². The number of ether oxygens (including phenoxy) is 2. The Morgan fingerprint density at radius 3 is 1.94 bits per heavy atom. The summed E-state index contributed by atoms with van der Waals surface area (Å²) in [4.78, 5) is 23.7. The second-order valence-corrected chi connectivity index (χ2v) is 8.20. The number of hydrogen-bond donors (Lipinski definition) is 1. The van der Waals surface area contributed by atoms with Crippen LogP contribution in [0.2, 0.25) is 0 Å².